The van der Waals surface area contributed by atoms with Gasteiger partial charge in [0.25, 0.3) is 5.69 Å². The molecule has 9 nitrogen and oxygen atoms in total. The number of nitro benzene ring substituents is 1. The van der Waals surface area contributed by atoms with Crippen LogP contribution in [-0.2, 0) is 13.0 Å². The molecule has 160 valence electrons. The zero-order valence-corrected chi connectivity index (χ0v) is 19.2. The molecule has 1 aromatic carbocycles. The van der Waals surface area contributed by atoms with Gasteiger partial charge in [-0.15, -0.1) is 34.2 Å². The average Bonchev–Trinajstić information content (AvgIpc) is 3.15. The number of guanidine groups is 1. The summed E-state index contributed by atoms with van der Waals surface area (Å²) in [6.07, 6.45) is 4.77. The number of hydrogen-bond acceptors (Lipinski definition) is 5. The first kappa shape index (κ1) is 23.5. The van der Waals surface area contributed by atoms with Crippen molar-refractivity contribution in [1.82, 2.24) is 25.2 Å². The van der Waals surface area contributed by atoms with Gasteiger partial charge in [-0.05, 0) is 43.9 Å². The third kappa shape index (κ3) is 6.65. The van der Waals surface area contributed by atoms with Crippen LogP contribution in [0.1, 0.15) is 31.2 Å². The quantitative estimate of drug-likeness (QED) is 0.111. The number of aliphatic imine (C=N–C) groups is 1. The van der Waals surface area contributed by atoms with Gasteiger partial charge >= 0.3 is 0 Å². The van der Waals surface area contributed by atoms with Crippen LogP contribution < -0.4 is 10.6 Å². The fourth-order valence-electron chi connectivity index (χ4n) is 2.94. The van der Waals surface area contributed by atoms with Crippen molar-refractivity contribution in [1.29, 1.82) is 0 Å². The van der Waals surface area contributed by atoms with Gasteiger partial charge < -0.3 is 10.6 Å². The Kier molecular flexibility index (Phi) is 9.45. The van der Waals surface area contributed by atoms with E-state index < -0.39 is 0 Å². The molecule has 0 atom stereocenters. The fourth-order valence-corrected chi connectivity index (χ4v) is 2.94. The maximum absolute atomic E-state index is 10.7. The van der Waals surface area contributed by atoms with Gasteiger partial charge in [-0.3, -0.25) is 14.5 Å². The SMILES string of the molecule is CCNC(=NCc1nnc2ccccn12)NCCCCc1ccc([N+](=O)[O-])cc1.I. The van der Waals surface area contributed by atoms with Crippen LogP contribution in [0.2, 0.25) is 0 Å². The third-order valence-electron chi connectivity index (χ3n) is 4.44. The summed E-state index contributed by atoms with van der Waals surface area (Å²) >= 11 is 0. The number of aromatic nitrogens is 3. The number of nitro groups is 1. The lowest BCUT2D eigenvalue weighted by Crippen LogP contribution is -2.37. The number of rotatable bonds is 9. The van der Waals surface area contributed by atoms with E-state index in [1.807, 2.05) is 47.9 Å². The molecule has 0 unspecified atom stereocenters. The third-order valence-corrected chi connectivity index (χ3v) is 4.44. The van der Waals surface area contributed by atoms with E-state index in [-0.39, 0.29) is 34.6 Å². The predicted molar refractivity (Wildman–Crippen MR) is 127 cm³/mol. The number of pyridine rings is 1. The largest absolute Gasteiger partial charge is 0.357 e. The Morgan fingerprint density at radius 2 is 1.93 bits per heavy atom. The minimum atomic E-state index is -0.377. The van der Waals surface area contributed by atoms with E-state index in [0.717, 1.165) is 55.3 Å². The molecule has 0 fully saturated rings. The summed E-state index contributed by atoms with van der Waals surface area (Å²) in [5.74, 6) is 1.53. The highest BCUT2D eigenvalue weighted by atomic mass is 127. The van der Waals surface area contributed by atoms with Crippen molar-refractivity contribution >= 4 is 41.3 Å². The van der Waals surface area contributed by atoms with Crippen molar-refractivity contribution in [3.05, 3.63) is 70.2 Å². The Labute approximate surface area is 192 Å². The monoisotopic (exact) mass is 523 g/mol. The number of halogens is 1. The second-order valence-electron chi connectivity index (χ2n) is 6.55. The lowest BCUT2D eigenvalue weighted by Gasteiger charge is -2.11. The summed E-state index contributed by atoms with van der Waals surface area (Å²) in [6.45, 7) is 4.02. The highest BCUT2D eigenvalue weighted by Gasteiger charge is 2.05. The van der Waals surface area contributed by atoms with Gasteiger partial charge in [0.1, 0.15) is 6.54 Å². The Bertz CT molecular complexity index is 973. The molecule has 0 spiro atoms. The molecule has 3 rings (SSSR count). The van der Waals surface area contributed by atoms with E-state index in [9.17, 15) is 10.1 Å². The summed E-state index contributed by atoms with van der Waals surface area (Å²) in [7, 11) is 0. The lowest BCUT2D eigenvalue weighted by molar-refractivity contribution is -0.384. The van der Waals surface area contributed by atoms with Crippen LogP contribution in [0.15, 0.2) is 53.7 Å². The minimum Gasteiger partial charge on any atom is -0.357 e. The second kappa shape index (κ2) is 12.1. The second-order valence-corrected chi connectivity index (χ2v) is 6.55. The Hall–Kier alpha value is -2.76. The van der Waals surface area contributed by atoms with Gasteiger partial charge in [-0.1, -0.05) is 18.2 Å². The zero-order chi connectivity index (χ0) is 20.5. The van der Waals surface area contributed by atoms with Crippen LogP contribution in [0.4, 0.5) is 5.69 Å². The smallest absolute Gasteiger partial charge is 0.269 e. The summed E-state index contributed by atoms with van der Waals surface area (Å²) in [4.78, 5) is 14.9. The standard InChI is InChI=1S/C20H25N7O2.HI/c1-2-21-20(23-15-19-25-24-18-8-4-6-14-26(18)19)22-13-5-3-7-16-9-11-17(12-10-16)27(28)29;/h4,6,8-12,14H,2-3,5,7,13,15H2,1H3,(H2,21,22,23);1H. The molecule has 0 bridgehead atoms. The molecule has 0 radical (unpaired) electrons. The highest BCUT2D eigenvalue weighted by molar-refractivity contribution is 14.0. The fraction of sp³-hybridized carbons (Fsp3) is 0.350. The summed E-state index contributed by atoms with van der Waals surface area (Å²) in [5.41, 5.74) is 2.04. The van der Waals surface area contributed by atoms with E-state index in [1.165, 1.54) is 0 Å². The molecule has 0 aliphatic carbocycles. The van der Waals surface area contributed by atoms with Gasteiger partial charge in [0.2, 0.25) is 0 Å². The molecule has 2 heterocycles. The molecule has 0 aliphatic heterocycles. The number of unbranched alkanes of at least 4 members (excludes halogenated alkanes) is 1. The first-order valence-corrected chi connectivity index (χ1v) is 9.71. The highest BCUT2D eigenvalue weighted by Crippen LogP contribution is 2.13. The van der Waals surface area contributed by atoms with Crippen LogP contribution in [0.3, 0.4) is 0 Å². The molecule has 2 aromatic heterocycles. The molecule has 3 aromatic rings. The number of hydrogen-bond donors (Lipinski definition) is 2. The van der Waals surface area contributed by atoms with Crippen molar-refractivity contribution < 1.29 is 4.92 Å². The minimum absolute atomic E-state index is 0. The van der Waals surface area contributed by atoms with E-state index in [1.54, 1.807) is 12.1 Å². The van der Waals surface area contributed by atoms with Crippen LogP contribution in [0.5, 0.6) is 0 Å². The van der Waals surface area contributed by atoms with Gasteiger partial charge in [0, 0.05) is 31.4 Å². The molecule has 10 heteroatoms. The van der Waals surface area contributed by atoms with Crippen LogP contribution >= 0.6 is 24.0 Å². The Morgan fingerprint density at radius 1 is 1.13 bits per heavy atom. The molecular weight excluding hydrogens is 497 g/mol. The molecular formula is C20H26IN7O2. The van der Waals surface area contributed by atoms with Gasteiger partial charge in [0.05, 0.1) is 4.92 Å². The van der Waals surface area contributed by atoms with Crippen molar-refractivity contribution in [3.8, 4) is 0 Å². The summed E-state index contributed by atoms with van der Waals surface area (Å²) in [6, 6.07) is 12.5. The zero-order valence-electron chi connectivity index (χ0n) is 16.8. The van der Waals surface area contributed by atoms with Crippen LogP contribution in [0.25, 0.3) is 5.65 Å². The Morgan fingerprint density at radius 3 is 2.67 bits per heavy atom. The van der Waals surface area contributed by atoms with Gasteiger partial charge in [-0.2, -0.15) is 0 Å². The normalized spacial score (nSPS) is 11.2. The van der Waals surface area contributed by atoms with Crippen molar-refractivity contribution in [2.45, 2.75) is 32.7 Å². The van der Waals surface area contributed by atoms with E-state index in [0.29, 0.717) is 6.54 Å². The van der Waals surface area contributed by atoms with E-state index in [4.69, 9.17) is 0 Å². The summed E-state index contributed by atoms with van der Waals surface area (Å²) in [5, 5.41) is 25.6. The van der Waals surface area contributed by atoms with Crippen LogP contribution in [0, 0.1) is 10.1 Å². The molecule has 0 aliphatic rings. The Balaban J connectivity index is 0.00000320. The van der Waals surface area contributed by atoms with Crippen LogP contribution in [-0.4, -0.2) is 38.6 Å². The van der Waals surface area contributed by atoms with E-state index in [2.05, 4.69) is 25.8 Å². The molecule has 2 N–H and O–H groups in total. The molecule has 0 saturated carbocycles. The van der Waals surface area contributed by atoms with Crippen molar-refractivity contribution in [2.24, 2.45) is 4.99 Å². The number of fused-ring (bicyclic) bond motifs is 1. The van der Waals surface area contributed by atoms with Gasteiger partial charge in [0.15, 0.2) is 17.4 Å². The number of nitrogens with zero attached hydrogens (tertiary/aromatic N) is 5. The predicted octanol–water partition coefficient (Wildman–Crippen LogP) is 3.33. The number of nitrogens with one attached hydrogen (secondary N) is 2. The van der Waals surface area contributed by atoms with Crippen molar-refractivity contribution in [2.75, 3.05) is 13.1 Å². The van der Waals surface area contributed by atoms with E-state index >= 15 is 0 Å². The number of non-ortho nitro benzene ring substituents is 1. The first-order chi connectivity index (χ1) is 14.2. The topological polar surface area (TPSA) is 110 Å². The number of benzene rings is 1. The summed E-state index contributed by atoms with van der Waals surface area (Å²) < 4.78 is 1.93. The van der Waals surface area contributed by atoms with Crippen molar-refractivity contribution in [3.63, 3.8) is 0 Å². The molecule has 30 heavy (non-hydrogen) atoms. The lowest BCUT2D eigenvalue weighted by atomic mass is 10.1. The maximum atomic E-state index is 10.7. The average molecular weight is 523 g/mol. The maximum Gasteiger partial charge on any atom is 0.269 e. The molecule has 0 saturated heterocycles. The van der Waals surface area contributed by atoms with Gasteiger partial charge in [-0.25, -0.2) is 4.99 Å². The number of aryl methyl sites for hydroxylation is 1. The molecule has 0 amide bonds. The first-order valence-electron chi connectivity index (χ1n) is 9.71.